The van der Waals surface area contributed by atoms with Crippen molar-refractivity contribution in [1.29, 1.82) is 0 Å². The van der Waals surface area contributed by atoms with E-state index in [1.807, 2.05) is 36.5 Å². The lowest BCUT2D eigenvalue weighted by Gasteiger charge is -2.06. The van der Waals surface area contributed by atoms with Crippen molar-refractivity contribution in [3.05, 3.63) is 64.4 Å². The van der Waals surface area contributed by atoms with E-state index < -0.39 is 0 Å². The van der Waals surface area contributed by atoms with Crippen LogP contribution >= 0.6 is 15.9 Å². The minimum atomic E-state index is -0.0603. The molecule has 3 aromatic rings. The highest BCUT2D eigenvalue weighted by atomic mass is 79.9. The van der Waals surface area contributed by atoms with Gasteiger partial charge in [0.15, 0.2) is 0 Å². The number of nitrogens with one attached hydrogen (secondary N) is 1. The molecule has 0 atom stereocenters. The van der Waals surface area contributed by atoms with Crippen LogP contribution < -0.4 is 5.32 Å². The summed E-state index contributed by atoms with van der Waals surface area (Å²) in [5.74, 6) is -0.0603. The topological polar surface area (TPSA) is 46.9 Å². The van der Waals surface area contributed by atoms with Crippen molar-refractivity contribution in [2.45, 2.75) is 19.9 Å². The molecule has 0 fully saturated rings. The SMILES string of the molecule is CCn1cc(CCNC(=O)c2ccccc2Br)c2cccnc21. The summed E-state index contributed by atoms with van der Waals surface area (Å²) in [5, 5.41) is 4.14. The van der Waals surface area contributed by atoms with Gasteiger partial charge >= 0.3 is 0 Å². The molecule has 0 aliphatic heterocycles. The van der Waals surface area contributed by atoms with E-state index in [4.69, 9.17) is 0 Å². The first-order valence-electron chi connectivity index (χ1n) is 7.66. The molecule has 0 aliphatic carbocycles. The van der Waals surface area contributed by atoms with Gasteiger partial charge in [-0.3, -0.25) is 4.79 Å². The number of aromatic nitrogens is 2. The first kappa shape index (κ1) is 15.7. The molecule has 0 aliphatic rings. The highest BCUT2D eigenvalue weighted by Gasteiger charge is 2.11. The quantitative estimate of drug-likeness (QED) is 0.741. The van der Waals surface area contributed by atoms with Crippen molar-refractivity contribution in [3.8, 4) is 0 Å². The molecule has 2 aromatic heterocycles. The molecular weight excluding hydrogens is 354 g/mol. The lowest BCUT2D eigenvalue weighted by Crippen LogP contribution is -2.25. The molecule has 1 amide bonds. The van der Waals surface area contributed by atoms with E-state index >= 15 is 0 Å². The van der Waals surface area contributed by atoms with Crippen molar-refractivity contribution in [1.82, 2.24) is 14.9 Å². The number of benzene rings is 1. The van der Waals surface area contributed by atoms with Gasteiger partial charge in [0.2, 0.25) is 0 Å². The van der Waals surface area contributed by atoms with Crippen LogP contribution in [0.15, 0.2) is 53.3 Å². The monoisotopic (exact) mass is 371 g/mol. The molecule has 4 nitrogen and oxygen atoms in total. The highest BCUT2D eigenvalue weighted by molar-refractivity contribution is 9.10. The van der Waals surface area contributed by atoms with Crippen LogP contribution in [0.1, 0.15) is 22.8 Å². The third-order valence-electron chi connectivity index (χ3n) is 3.86. The molecule has 5 heteroatoms. The van der Waals surface area contributed by atoms with Crippen LogP contribution in [-0.2, 0) is 13.0 Å². The van der Waals surface area contributed by atoms with Crippen LogP contribution in [0.4, 0.5) is 0 Å². The second kappa shape index (κ2) is 6.96. The summed E-state index contributed by atoms with van der Waals surface area (Å²) in [6.07, 6.45) is 4.72. The second-order valence-corrected chi connectivity index (χ2v) is 6.16. The number of nitrogens with zero attached hydrogens (tertiary/aromatic N) is 2. The minimum absolute atomic E-state index is 0.0603. The molecule has 0 saturated heterocycles. The molecule has 1 aromatic carbocycles. The van der Waals surface area contributed by atoms with Gasteiger partial charge in [-0.1, -0.05) is 12.1 Å². The Hall–Kier alpha value is -2.14. The van der Waals surface area contributed by atoms with E-state index in [1.165, 1.54) is 5.56 Å². The van der Waals surface area contributed by atoms with Gasteiger partial charge in [0, 0.05) is 35.3 Å². The zero-order valence-corrected chi connectivity index (χ0v) is 14.5. The van der Waals surface area contributed by atoms with Crippen LogP contribution in [0.25, 0.3) is 11.0 Å². The van der Waals surface area contributed by atoms with Crippen LogP contribution in [0.3, 0.4) is 0 Å². The summed E-state index contributed by atoms with van der Waals surface area (Å²) < 4.78 is 2.95. The Morgan fingerprint density at radius 2 is 2.09 bits per heavy atom. The van der Waals surface area contributed by atoms with Crippen LogP contribution in [0.2, 0.25) is 0 Å². The van der Waals surface area contributed by atoms with Crippen LogP contribution in [-0.4, -0.2) is 22.0 Å². The Kier molecular flexibility index (Phi) is 4.76. The summed E-state index contributed by atoms with van der Waals surface area (Å²) >= 11 is 3.41. The molecule has 1 N–H and O–H groups in total. The summed E-state index contributed by atoms with van der Waals surface area (Å²) in [6.45, 7) is 3.58. The average molecular weight is 372 g/mol. The summed E-state index contributed by atoms with van der Waals surface area (Å²) in [6, 6.07) is 11.5. The van der Waals surface area contributed by atoms with E-state index in [-0.39, 0.29) is 5.91 Å². The molecule has 2 heterocycles. The smallest absolute Gasteiger partial charge is 0.252 e. The Morgan fingerprint density at radius 1 is 1.26 bits per heavy atom. The maximum Gasteiger partial charge on any atom is 0.252 e. The zero-order valence-electron chi connectivity index (χ0n) is 12.9. The van der Waals surface area contributed by atoms with Crippen molar-refractivity contribution >= 4 is 32.9 Å². The molecule has 0 bridgehead atoms. The molecule has 0 spiro atoms. The van der Waals surface area contributed by atoms with Crippen molar-refractivity contribution < 1.29 is 4.79 Å². The second-order valence-electron chi connectivity index (χ2n) is 5.30. The third kappa shape index (κ3) is 3.29. The third-order valence-corrected chi connectivity index (χ3v) is 4.55. The number of amides is 1. The molecule has 0 radical (unpaired) electrons. The summed E-state index contributed by atoms with van der Waals surface area (Å²) in [7, 11) is 0. The number of hydrogen-bond acceptors (Lipinski definition) is 2. The first-order valence-corrected chi connectivity index (χ1v) is 8.45. The highest BCUT2D eigenvalue weighted by Crippen LogP contribution is 2.20. The predicted molar refractivity (Wildman–Crippen MR) is 95.6 cm³/mol. The standard InChI is InChI=1S/C18H18BrN3O/c1-2-22-12-13(14-7-5-10-20-17(14)22)9-11-21-18(23)15-6-3-4-8-16(15)19/h3-8,10,12H,2,9,11H2,1H3,(H,21,23). The Morgan fingerprint density at radius 3 is 2.87 bits per heavy atom. The number of pyridine rings is 1. The predicted octanol–water partition coefficient (Wildman–Crippen LogP) is 3.79. The molecule has 118 valence electrons. The number of halogens is 1. The Balaban J connectivity index is 1.70. The van der Waals surface area contributed by atoms with Gasteiger partial charge in [0.1, 0.15) is 5.65 Å². The maximum absolute atomic E-state index is 12.2. The lowest BCUT2D eigenvalue weighted by atomic mass is 10.1. The zero-order chi connectivity index (χ0) is 16.2. The number of hydrogen-bond donors (Lipinski definition) is 1. The molecule has 3 rings (SSSR count). The first-order chi connectivity index (χ1) is 11.2. The summed E-state index contributed by atoms with van der Waals surface area (Å²) in [5.41, 5.74) is 2.87. The number of aryl methyl sites for hydroxylation is 1. The Bertz CT molecular complexity index is 841. The number of rotatable bonds is 5. The minimum Gasteiger partial charge on any atom is -0.352 e. The normalized spacial score (nSPS) is 10.9. The van der Waals surface area contributed by atoms with E-state index in [9.17, 15) is 4.79 Å². The lowest BCUT2D eigenvalue weighted by molar-refractivity contribution is 0.0953. The Labute approximate surface area is 143 Å². The van der Waals surface area contributed by atoms with Gasteiger partial charge in [0.05, 0.1) is 5.56 Å². The molecule has 23 heavy (non-hydrogen) atoms. The van der Waals surface area contributed by atoms with Gasteiger partial charge in [-0.25, -0.2) is 4.98 Å². The van der Waals surface area contributed by atoms with Crippen molar-refractivity contribution in [3.63, 3.8) is 0 Å². The maximum atomic E-state index is 12.2. The van der Waals surface area contributed by atoms with E-state index in [2.05, 4.69) is 50.0 Å². The number of carbonyl (C=O) groups is 1. The van der Waals surface area contributed by atoms with Gasteiger partial charge in [-0.05, 0) is 59.1 Å². The van der Waals surface area contributed by atoms with E-state index in [0.29, 0.717) is 12.1 Å². The van der Waals surface area contributed by atoms with Crippen LogP contribution in [0, 0.1) is 0 Å². The average Bonchev–Trinajstić information content (AvgIpc) is 2.93. The molecule has 0 unspecified atom stereocenters. The fourth-order valence-electron chi connectivity index (χ4n) is 2.69. The number of fused-ring (bicyclic) bond motifs is 1. The van der Waals surface area contributed by atoms with Gasteiger partial charge < -0.3 is 9.88 Å². The van der Waals surface area contributed by atoms with Crippen LogP contribution in [0.5, 0.6) is 0 Å². The molecular formula is C18H18BrN3O. The van der Waals surface area contributed by atoms with Crippen molar-refractivity contribution in [2.24, 2.45) is 0 Å². The van der Waals surface area contributed by atoms with Crippen molar-refractivity contribution in [2.75, 3.05) is 6.54 Å². The van der Waals surface area contributed by atoms with Gasteiger partial charge in [0.25, 0.3) is 5.91 Å². The van der Waals surface area contributed by atoms with Gasteiger partial charge in [-0.2, -0.15) is 0 Å². The number of carbonyl (C=O) groups excluding carboxylic acids is 1. The van der Waals surface area contributed by atoms with E-state index in [0.717, 1.165) is 28.5 Å². The molecule has 0 saturated carbocycles. The fraction of sp³-hybridized carbons (Fsp3) is 0.222. The summed E-state index contributed by atoms with van der Waals surface area (Å²) in [4.78, 5) is 16.7. The van der Waals surface area contributed by atoms with Gasteiger partial charge in [-0.15, -0.1) is 0 Å². The van der Waals surface area contributed by atoms with E-state index in [1.54, 1.807) is 0 Å². The largest absolute Gasteiger partial charge is 0.352 e. The fourth-order valence-corrected chi connectivity index (χ4v) is 3.15.